The summed E-state index contributed by atoms with van der Waals surface area (Å²) in [4.78, 5) is 0. The summed E-state index contributed by atoms with van der Waals surface area (Å²) in [6, 6.07) is 0.0370. The van der Waals surface area contributed by atoms with E-state index in [-0.39, 0.29) is 18.8 Å². The Balaban J connectivity index is 2.20. The third-order valence-electron chi connectivity index (χ3n) is 1.70. The van der Waals surface area contributed by atoms with E-state index in [4.69, 9.17) is 4.74 Å². The Bertz CT molecular complexity index is 79.1. The van der Waals surface area contributed by atoms with E-state index < -0.39 is 0 Å². The molecule has 1 saturated heterocycles. The Kier molecular flexibility index (Phi) is 2.42. The maximum Gasteiger partial charge on any atom is 0.105 e. The fraction of sp³-hybridized carbons (Fsp3) is 1.00. The highest BCUT2D eigenvalue weighted by atomic mass is 19.1. The van der Waals surface area contributed by atoms with Crippen molar-refractivity contribution in [2.45, 2.75) is 18.6 Å². The molecule has 0 aromatic rings. The van der Waals surface area contributed by atoms with Crippen LogP contribution in [0.1, 0.15) is 6.42 Å². The molecule has 0 bridgehead atoms. The number of nitrogens with one attached hydrogen (secondary N) is 1. The van der Waals surface area contributed by atoms with Crippen molar-refractivity contribution in [3.8, 4) is 0 Å². The number of halogens is 1. The van der Waals surface area contributed by atoms with Gasteiger partial charge in [0, 0.05) is 19.7 Å². The molecule has 0 unspecified atom stereocenters. The molecular formula is C6H12FNO. The molecule has 54 valence electrons. The van der Waals surface area contributed by atoms with Gasteiger partial charge in [0.05, 0.1) is 6.10 Å². The van der Waals surface area contributed by atoms with Gasteiger partial charge in [-0.3, -0.25) is 0 Å². The van der Waals surface area contributed by atoms with Gasteiger partial charge in [-0.1, -0.05) is 0 Å². The van der Waals surface area contributed by atoms with Gasteiger partial charge in [-0.15, -0.1) is 0 Å². The number of methoxy groups -OCH3 is 1. The number of alkyl halides is 1. The van der Waals surface area contributed by atoms with Gasteiger partial charge in [-0.05, 0) is 6.42 Å². The zero-order valence-corrected chi connectivity index (χ0v) is 5.56. The van der Waals surface area contributed by atoms with Crippen molar-refractivity contribution in [1.29, 1.82) is 0 Å². The molecule has 1 aliphatic rings. The van der Waals surface area contributed by atoms with E-state index in [1.807, 2.05) is 0 Å². The number of hydrogen-bond donors (Lipinski definition) is 1. The van der Waals surface area contributed by atoms with Crippen molar-refractivity contribution in [1.82, 2.24) is 5.32 Å². The van der Waals surface area contributed by atoms with Gasteiger partial charge >= 0.3 is 0 Å². The topological polar surface area (TPSA) is 21.3 Å². The minimum Gasteiger partial charge on any atom is -0.380 e. The molecule has 0 saturated carbocycles. The van der Waals surface area contributed by atoms with Crippen LogP contribution in [0.2, 0.25) is 0 Å². The molecular weight excluding hydrogens is 121 g/mol. The van der Waals surface area contributed by atoms with Crippen LogP contribution >= 0.6 is 0 Å². The highest BCUT2D eigenvalue weighted by molar-refractivity contribution is 4.81. The summed E-state index contributed by atoms with van der Waals surface area (Å²) in [6.45, 7) is 0.519. The molecule has 0 radical (unpaired) electrons. The van der Waals surface area contributed by atoms with Gasteiger partial charge < -0.3 is 10.1 Å². The molecule has 1 N–H and O–H groups in total. The predicted octanol–water partition coefficient (Wildman–Crippen LogP) is 0.333. The molecule has 2 atom stereocenters. The Morgan fingerprint density at radius 1 is 1.78 bits per heavy atom. The van der Waals surface area contributed by atoms with E-state index in [0.717, 1.165) is 13.0 Å². The Labute approximate surface area is 54.4 Å². The van der Waals surface area contributed by atoms with Gasteiger partial charge in [0.25, 0.3) is 0 Å². The van der Waals surface area contributed by atoms with Gasteiger partial charge in [0.15, 0.2) is 0 Å². The maximum absolute atomic E-state index is 11.9. The van der Waals surface area contributed by atoms with E-state index >= 15 is 0 Å². The monoisotopic (exact) mass is 133 g/mol. The second-order valence-corrected chi connectivity index (χ2v) is 2.35. The van der Waals surface area contributed by atoms with Crippen LogP contribution in [0.25, 0.3) is 0 Å². The number of rotatable bonds is 2. The molecule has 0 aliphatic carbocycles. The van der Waals surface area contributed by atoms with Crippen molar-refractivity contribution in [2.75, 3.05) is 20.3 Å². The summed E-state index contributed by atoms with van der Waals surface area (Å²) in [6.07, 6.45) is 1.04. The molecule has 0 amide bonds. The van der Waals surface area contributed by atoms with E-state index in [0.29, 0.717) is 0 Å². The van der Waals surface area contributed by atoms with Crippen LogP contribution in [0.15, 0.2) is 0 Å². The lowest BCUT2D eigenvalue weighted by Crippen LogP contribution is -2.23. The molecule has 0 aromatic heterocycles. The first kappa shape index (κ1) is 6.96. The van der Waals surface area contributed by atoms with Crippen molar-refractivity contribution in [3.05, 3.63) is 0 Å². The first-order valence-corrected chi connectivity index (χ1v) is 3.19. The van der Waals surface area contributed by atoms with E-state index in [2.05, 4.69) is 5.32 Å². The minimum atomic E-state index is -0.278. The normalized spacial score (nSPS) is 35.3. The van der Waals surface area contributed by atoms with Gasteiger partial charge in [0.2, 0.25) is 0 Å². The van der Waals surface area contributed by atoms with Crippen LogP contribution in [-0.4, -0.2) is 32.5 Å². The summed E-state index contributed by atoms with van der Waals surface area (Å²) >= 11 is 0. The first-order chi connectivity index (χ1) is 4.36. The molecule has 9 heavy (non-hydrogen) atoms. The molecule has 1 aliphatic heterocycles. The van der Waals surface area contributed by atoms with E-state index in [1.165, 1.54) is 0 Å². The summed E-state index contributed by atoms with van der Waals surface area (Å²) in [5.74, 6) is 0. The molecule has 0 aromatic carbocycles. The SMILES string of the molecule is CO[C@@H]1CN[C@H](CF)C1. The lowest BCUT2D eigenvalue weighted by molar-refractivity contribution is 0.116. The van der Waals surface area contributed by atoms with E-state index in [9.17, 15) is 4.39 Å². The summed E-state index contributed by atoms with van der Waals surface area (Å²) in [7, 11) is 1.66. The second-order valence-electron chi connectivity index (χ2n) is 2.35. The zero-order chi connectivity index (χ0) is 6.69. The van der Waals surface area contributed by atoms with Crippen molar-refractivity contribution in [3.63, 3.8) is 0 Å². The lowest BCUT2D eigenvalue weighted by Gasteiger charge is -2.03. The summed E-state index contributed by atoms with van der Waals surface area (Å²) in [5, 5.41) is 3.01. The van der Waals surface area contributed by atoms with E-state index in [1.54, 1.807) is 7.11 Å². The van der Waals surface area contributed by atoms with Gasteiger partial charge in [-0.25, -0.2) is 4.39 Å². The highest BCUT2D eigenvalue weighted by Gasteiger charge is 2.22. The third kappa shape index (κ3) is 1.63. The Morgan fingerprint density at radius 2 is 2.56 bits per heavy atom. The van der Waals surface area contributed by atoms with Crippen molar-refractivity contribution in [2.24, 2.45) is 0 Å². The fourth-order valence-electron chi connectivity index (χ4n) is 1.08. The molecule has 2 nitrogen and oxygen atoms in total. The van der Waals surface area contributed by atoms with Crippen molar-refractivity contribution < 1.29 is 9.13 Å². The second kappa shape index (κ2) is 3.13. The molecule has 1 rings (SSSR count). The van der Waals surface area contributed by atoms with Crippen LogP contribution in [0.3, 0.4) is 0 Å². The van der Waals surface area contributed by atoms with Crippen LogP contribution < -0.4 is 5.32 Å². The van der Waals surface area contributed by atoms with Crippen LogP contribution in [0.4, 0.5) is 4.39 Å². The van der Waals surface area contributed by atoms with Gasteiger partial charge in [0.1, 0.15) is 6.67 Å². The number of ether oxygens (including phenoxy) is 1. The lowest BCUT2D eigenvalue weighted by atomic mass is 10.2. The first-order valence-electron chi connectivity index (χ1n) is 3.19. The standard InChI is InChI=1S/C6H12FNO/c1-9-6-2-5(3-7)8-4-6/h5-6,8H,2-4H2,1H3/t5-,6-/m0/s1. The smallest absolute Gasteiger partial charge is 0.105 e. The van der Waals surface area contributed by atoms with Crippen LogP contribution in [0, 0.1) is 0 Å². The van der Waals surface area contributed by atoms with Crippen LogP contribution in [0.5, 0.6) is 0 Å². The summed E-state index contributed by atoms with van der Waals surface area (Å²) < 4.78 is 16.9. The summed E-state index contributed by atoms with van der Waals surface area (Å²) in [5.41, 5.74) is 0. The third-order valence-corrected chi connectivity index (χ3v) is 1.70. The molecule has 1 fully saturated rings. The quantitative estimate of drug-likeness (QED) is 0.586. The minimum absolute atomic E-state index is 0.0370. The number of hydrogen-bond acceptors (Lipinski definition) is 2. The Hall–Kier alpha value is -0.150. The molecule has 1 heterocycles. The van der Waals surface area contributed by atoms with Crippen molar-refractivity contribution >= 4 is 0 Å². The molecule has 0 spiro atoms. The van der Waals surface area contributed by atoms with Gasteiger partial charge in [-0.2, -0.15) is 0 Å². The zero-order valence-electron chi connectivity index (χ0n) is 5.56. The van der Waals surface area contributed by atoms with Crippen LogP contribution in [-0.2, 0) is 4.74 Å². The predicted molar refractivity (Wildman–Crippen MR) is 33.2 cm³/mol. The maximum atomic E-state index is 11.9. The highest BCUT2D eigenvalue weighted by Crippen LogP contribution is 2.08. The fourth-order valence-corrected chi connectivity index (χ4v) is 1.08. The largest absolute Gasteiger partial charge is 0.380 e. The average Bonchev–Trinajstić information content (AvgIpc) is 2.34. The molecule has 3 heteroatoms. The Morgan fingerprint density at radius 3 is 2.89 bits per heavy atom. The average molecular weight is 133 g/mol.